The van der Waals surface area contributed by atoms with Crippen molar-refractivity contribution >= 4 is 23.1 Å². The lowest BCUT2D eigenvalue weighted by Gasteiger charge is -2.31. The third-order valence-corrected chi connectivity index (χ3v) is 7.74. The van der Waals surface area contributed by atoms with Crippen molar-refractivity contribution in [3.05, 3.63) is 77.4 Å². The first-order valence-corrected chi connectivity index (χ1v) is 13.4. The Kier molecular flexibility index (Phi) is 5.48. The summed E-state index contributed by atoms with van der Waals surface area (Å²) in [6.07, 6.45) is 20.8. The molecule has 7 heteroatoms. The first-order valence-electron chi connectivity index (χ1n) is 13.4. The molecule has 2 saturated heterocycles. The second-order valence-corrected chi connectivity index (χ2v) is 10.2. The van der Waals surface area contributed by atoms with E-state index in [1.54, 1.807) is 0 Å². The molecule has 2 fully saturated rings. The van der Waals surface area contributed by atoms with Crippen molar-refractivity contribution in [1.29, 1.82) is 0 Å². The summed E-state index contributed by atoms with van der Waals surface area (Å²) in [4.78, 5) is 29.3. The normalized spacial score (nSPS) is 27.0. The molecule has 182 valence electrons. The van der Waals surface area contributed by atoms with Crippen LogP contribution < -0.4 is 0 Å². The van der Waals surface area contributed by atoms with Crippen molar-refractivity contribution in [2.75, 3.05) is 26.2 Å². The molecule has 0 bridgehead atoms. The van der Waals surface area contributed by atoms with Crippen LogP contribution in [0.2, 0.25) is 0 Å². The molecule has 0 aromatic carbocycles. The average Bonchev–Trinajstić information content (AvgIpc) is 3.58. The molecular formula is C29H31N7. The van der Waals surface area contributed by atoms with Crippen LogP contribution >= 0.6 is 0 Å². The summed E-state index contributed by atoms with van der Waals surface area (Å²) in [5, 5.41) is 0. The highest BCUT2D eigenvalue weighted by atomic mass is 15.2. The first-order chi connectivity index (χ1) is 17.8. The summed E-state index contributed by atoms with van der Waals surface area (Å²) < 4.78 is 0. The van der Waals surface area contributed by atoms with E-state index in [-0.39, 0.29) is 12.1 Å². The van der Waals surface area contributed by atoms with Crippen LogP contribution in [0.4, 0.5) is 0 Å². The molecule has 7 rings (SSSR count). The van der Waals surface area contributed by atoms with Crippen molar-refractivity contribution < 1.29 is 0 Å². The van der Waals surface area contributed by atoms with Crippen molar-refractivity contribution in [1.82, 2.24) is 14.8 Å². The largest absolute Gasteiger partial charge is 0.371 e. The molecule has 0 N–H and O–H groups in total. The maximum absolute atomic E-state index is 4.88. The van der Waals surface area contributed by atoms with Crippen LogP contribution in [0.25, 0.3) is 0 Å². The Morgan fingerprint density at radius 3 is 1.56 bits per heavy atom. The van der Waals surface area contributed by atoms with E-state index in [9.17, 15) is 0 Å². The van der Waals surface area contributed by atoms with E-state index in [4.69, 9.17) is 25.0 Å². The van der Waals surface area contributed by atoms with E-state index in [2.05, 4.69) is 46.3 Å². The van der Waals surface area contributed by atoms with E-state index < -0.39 is 0 Å². The summed E-state index contributed by atoms with van der Waals surface area (Å²) in [6.45, 7) is 4.50. The van der Waals surface area contributed by atoms with Gasteiger partial charge in [0.05, 0.1) is 11.4 Å². The molecule has 2 unspecified atom stereocenters. The summed E-state index contributed by atoms with van der Waals surface area (Å²) >= 11 is 0. The highest BCUT2D eigenvalue weighted by molar-refractivity contribution is 6.19. The molecule has 6 aliphatic rings. The van der Waals surface area contributed by atoms with Gasteiger partial charge in [0, 0.05) is 37.6 Å². The molecule has 1 aromatic rings. The van der Waals surface area contributed by atoms with Gasteiger partial charge in [-0.25, -0.2) is 15.0 Å². The number of aromatic nitrogens is 1. The number of nitrogens with zero attached hydrogens (tertiary/aromatic N) is 7. The van der Waals surface area contributed by atoms with Gasteiger partial charge in [0.25, 0.3) is 0 Å². The first kappa shape index (κ1) is 21.7. The van der Waals surface area contributed by atoms with E-state index >= 15 is 0 Å². The van der Waals surface area contributed by atoms with E-state index in [1.165, 1.54) is 49.9 Å². The number of fused-ring (bicyclic) bond motifs is 2. The third kappa shape index (κ3) is 4.06. The minimum absolute atomic E-state index is 0.0191. The van der Waals surface area contributed by atoms with Gasteiger partial charge in [-0.3, -0.25) is 9.98 Å². The summed E-state index contributed by atoms with van der Waals surface area (Å²) in [6, 6.07) is 5.92. The second kappa shape index (κ2) is 9.12. The molecule has 0 amide bonds. The van der Waals surface area contributed by atoms with Crippen LogP contribution in [-0.4, -0.2) is 76.1 Å². The Morgan fingerprint density at radius 1 is 0.611 bits per heavy atom. The van der Waals surface area contributed by atoms with E-state index in [0.29, 0.717) is 11.7 Å². The quantitative estimate of drug-likeness (QED) is 0.656. The van der Waals surface area contributed by atoms with E-state index in [0.717, 1.165) is 49.0 Å². The number of aliphatic imine (C=N–C) groups is 4. The number of allylic oxidation sites excluding steroid dienone is 2. The number of likely N-dealkylation sites (tertiary alicyclic amines) is 2. The molecule has 7 nitrogen and oxygen atoms in total. The van der Waals surface area contributed by atoms with Gasteiger partial charge in [-0.15, -0.1) is 0 Å². The Morgan fingerprint density at radius 2 is 1.08 bits per heavy atom. The Balaban J connectivity index is 1.11. The summed E-state index contributed by atoms with van der Waals surface area (Å²) in [5.41, 5.74) is 6.07. The fourth-order valence-corrected chi connectivity index (χ4v) is 5.76. The van der Waals surface area contributed by atoms with Crippen LogP contribution in [0.3, 0.4) is 0 Å². The minimum atomic E-state index is -0.0191. The van der Waals surface area contributed by atoms with Gasteiger partial charge in [-0.2, -0.15) is 0 Å². The molecule has 1 aromatic heterocycles. The Labute approximate surface area is 212 Å². The molecule has 4 aliphatic heterocycles. The van der Waals surface area contributed by atoms with Crippen LogP contribution in [-0.2, 0) is 0 Å². The topological polar surface area (TPSA) is 68.8 Å². The zero-order valence-corrected chi connectivity index (χ0v) is 20.6. The predicted molar refractivity (Wildman–Crippen MR) is 145 cm³/mol. The number of piperidine rings is 2. The lowest BCUT2D eigenvalue weighted by Crippen LogP contribution is -2.30. The van der Waals surface area contributed by atoms with Crippen LogP contribution in [0.5, 0.6) is 0 Å². The average molecular weight is 478 g/mol. The highest BCUT2D eigenvalue weighted by Crippen LogP contribution is 2.25. The molecule has 0 saturated carbocycles. The predicted octanol–water partition coefficient (Wildman–Crippen LogP) is 4.10. The van der Waals surface area contributed by atoms with Crippen molar-refractivity contribution in [2.45, 2.75) is 50.6 Å². The van der Waals surface area contributed by atoms with Gasteiger partial charge in [0.1, 0.15) is 23.5 Å². The number of hydrogen-bond acceptors (Lipinski definition) is 7. The third-order valence-electron chi connectivity index (χ3n) is 7.74. The molecule has 0 spiro atoms. The van der Waals surface area contributed by atoms with Gasteiger partial charge in [-0.05, 0) is 75.0 Å². The molecular weight excluding hydrogens is 446 g/mol. The second-order valence-electron chi connectivity index (χ2n) is 10.2. The lowest BCUT2D eigenvalue weighted by molar-refractivity contribution is 0.293. The maximum Gasteiger partial charge on any atom is 0.174 e. The van der Waals surface area contributed by atoms with Gasteiger partial charge < -0.3 is 9.80 Å². The molecule has 2 atom stereocenters. The van der Waals surface area contributed by atoms with Crippen LogP contribution in [0, 0.1) is 0 Å². The summed E-state index contributed by atoms with van der Waals surface area (Å²) in [5.74, 6) is 1.38. The SMILES string of the molecule is C1=CC2N=C(c3cccc(C4=NC5C=CC(N6CCCCC6)=CC5=N4)n3)N=C2C=C1N1CCCCC1. The van der Waals surface area contributed by atoms with Gasteiger partial charge in [0.15, 0.2) is 11.7 Å². The zero-order chi connectivity index (χ0) is 23.9. The van der Waals surface area contributed by atoms with Crippen LogP contribution in [0.1, 0.15) is 49.9 Å². The fourth-order valence-electron chi connectivity index (χ4n) is 5.76. The number of amidine groups is 2. The zero-order valence-electron chi connectivity index (χ0n) is 20.6. The van der Waals surface area contributed by atoms with Crippen molar-refractivity contribution in [2.24, 2.45) is 20.0 Å². The molecule has 0 radical (unpaired) electrons. The molecule has 5 heterocycles. The number of pyridine rings is 1. The summed E-state index contributed by atoms with van der Waals surface area (Å²) in [7, 11) is 0. The van der Waals surface area contributed by atoms with Gasteiger partial charge in [0.2, 0.25) is 0 Å². The van der Waals surface area contributed by atoms with Crippen molar-refractivity contribution in [3.63, 3.8) is 0 Å². The monoisotopic (exact) mass is 477 g/mol. The van der Waals surface area contributed by atoms with E-state index in [1.807, 2.05) is 18.2 Å². The Hall–Kier alpha value is -3.61. The standard InChI is InChI=1S/C29H31N7/c1-3-14-35(15-4-1)20-10-12-22-26(18-20)33-28(31-22)24-8-7-9-25(30-24)29-32-23-13-11-21(19-27(23)34-29)36-16-5-2-6-17-36/h7-13,18-19,22-23H,1-6,14-17H2. The Bertz CT molecular complexity index is 1210. The number of hydrogen-bond donors (Lipinski definition) is 0. The smallest absolute Gasteiger partial charge is 0.174 e. The van der Waals surface area contributed by atoms with Crippen molar-refractivity contribution in [3.8, 4) is 0 Å². The van der Waals surface area contributed by atoms with Gasteiger partial charge >= 0.3 is 0 Å². The molecule has 36 heavy (non-hydrogen) atoms. The molecule has 2 aliphatic carbocycles. The minimum Gasteiger partial charge on any atom is -0.371 e. The fraction of sp³-hybridized carbons (Fsp3) is 0.414. The maximum atomic E-state index is 4.88. The lowest BCUT2D eigenvalue weighted by atomic mass is 10.0. The number of rotatable bonds is 4. The van der Waals surface area contributed by atoms with Crippen LogP contribution in [0.15, 0.2) is 86.0 Å². The van der Waals surface area contributed by atoms with Gasteiger partial charge in [-0.1, -0.05) is 18.2 Å². The highest BCUT2D eigenvalue weighted by Gasteiger charge is 2.28.